The number of oxazole rings is 1. The zero-order chi connectivity index (χ0) is 27.4. The summed E-state index contributed by atoms with van der Waals surface area (Å²) >= 11 is 6.29. The minimum Gasteiger partial charge on any atom is -0.408 e. The predicted molar refractivity (Wildman–Crippen MR) is 141 cm³/mol. The molecule has 0 fully saturated rings. The number of fused-ring (bicyclic) bond motifs is 1. The Balaban J connectivity index is 1.54. The SMILES string of the molecule is CCc1cccc(CNC[C@@H](O)[C@H](Cc2cc(F)cc(F)c2)NC(=O)c2cc3c(cc2Cl)oc(=O)n3C)c1. The van der Waals surface area contributed by atoms with Gasteiger partial charge in [-0.25, -0.2) is 13.6 Å². The highest BCUT2D eigenvalue weighted by atomic mass is 35.5. The summed E-state index contributed by atoms with van der Waals surface area (Å²) < 4.78 is 34.0. The molecule has 0 aliphatic rings. The third-order valence-electron chi connectivity index (χ3n) is 6.37. The molecular weight excluding hydrogens is 516 g/mol. The maximum atomic E-state index is 13.8. The molecule has 0 radical (unpaired) electrons. The third kappa shape index (κ3) is 6.48. The van der Waals surface area contributed by atoms with Gasteiger partial charge in [0.15, 0.2) is 5.58 Å². The zero-order valence-corrected chi connectivity index (χ0v) is 21.7. The number of rotatable bonds is 10. The Bertz CT molecular complexity index is 1500. The first-order valence-electron chi connectivity index (χ1n) is 12.2. The number of nitrogens with one attached hydrogen (secondary N) is 2. The Morgan fingerprint density at radius 3 is 2.50 bits per heavy atom. The molecule has 7 nitrogen and oxygen atoms in total. The summed E-state index contributed by atoms with van der Waals surface area (Å²) in [5, 5.41) is 17.0. The van der Waals surface area contributed by atoms with Gasteiger partial charge in [-0.15, -0.1) is 0 Å². The van der Waals surface area contributed by atoms with Crippen LogP contribution in [0, 0.1) is 11.6 Å². The van der Waals surface area contributed by atoms with E-state index in [2.05, 4.69) is 23.6 Å². The van der Waals surface area contributed by atoms with Crippen LogP contribution in [0.4, 0.5) is 8.78 Å². The van der Waals surface area contributed by atoms with Crippen molar-refractivity contribution < 1.29 is 23.1 Å². The number of carbonyl (C=O) groups excluding carboxylic acids is 1. The van der Waals surface area contributed by atoms with E-state index in [1.54, 1.807) is 0 Å². The van der Waals surface area contributed by atoms with Crippen LogP contribution in [0.2, 0.25) is 5.02 Å². The van der Waals surface area contributed by atoms with Crippen LogP contribution in [-0.4, -0.2) is 34.3 Å². The standard InChI is InChI=1S/C28H28ClF2N3O4/c1-3-16-5-4-6-17(7-16)14-32-15-25(35)23(10-18-8-19(30)11-20(31)9-18)33-27(36)21-12-24-26(13-22(21)29)38-28(37)34(24)2/h4-9,11-13,23,25,32,35H,3,10,14-15H2,1-2H3,(H,33,36)/t23-,25+/m0/s1. The molecule has 1 aromatic heterocycles. The number of carbonyl (C=O) groups is 1. The quantitative estimate of drug-likeness (QED) is 0.280. The molecule has 0 aliphatic carbocycles. The second-order valence-corrected chi connectivity index (χ2v) is 9.57. The Hall–Kier alpha value is -3.53. The Labute approximate surface area is 223 Å². The smallest absolute Gasteiger partial charge is 0.408 e. The minimum absolute atomic E-state index is 0.0430. The molecule has 2 atom stereocenters. The highest BCUT2D eigenvalue weighted by Crippen LogP contribution is 2.24. The average molecular weight is 544 g/mol. The van der Waals surface area contributed by atoms with E-state index in [9.17, 15) is 23.5 Å². The summed E-state index contributed by atoms with van der Waals surface area (Å²) in [5.41, 5.74) is 3.14. The molecule has 3 N–H and O–H groups in total. The van der Waals surface area contributed by atoms with E-state index in [-0.39, 0.29) is 34.7 Å². The van der Waals surface area contributed by atoms with Gasteiger partial charge in [-0.2, -0.15) is 0 Å². The van der Waals surface area contributed by atoms with Crippen molar-refractivity contribution in [2.45, 2.75) is 38.5 Å². The summed E-state index contributed by atoms with van der Waals surface area (Å²) in [6.45, 7) is 2.65. The lowest BCUT2D eigenvalue weighted by molar-refractivity contribution is 0.0830. The molecule has 0 aliphatic heterocycles. The number of aliphatic hydroxyl groups excluding tert-OH is 1. The van der Waals surface area contributed by atoms with Crippen molar-refractivity contribution in [2.24, 2.45) is 7.05 Å². The van der Waals surface area contributed by atoms with Crippen LogP contribution in [0.3, 0.4) is 0 Å². The zero-order valence-electron chi connectivity index (χ0n) is 20.9. The van der Waals surface area contributed by atoms with Gasteiger partial charge in [0.05, 0.1) is 28.2 Å². The van der Waals surface area contributed by atoms with E-state index >= 15 is 0 Å². The Morgan fingerprint density at radius 1 is 1.08 bits per heavy atom. The number of aryl methyl sites for hydroxylation is 2. The van der Waals surface area contributed by atoms with Gasteiger partial charge < -0.3 is 20.2 Å². The minimum atomic E-state index is -1.11. The fourth-order valence-corrected chi connectivity index (χ4v) is 4.54. The number of halogens is 3. The fourth-order valence-electron chi connectivity index (χ4n) is 4.30. The van der Waals surface area contributed by atoms with Gasteiger partial charge in [0.2, 0.25) is 0 Å². The lowest BCUT2D eigenvalue weighted by atomic mass is 10.00. The third-order valence-corrected chi connectivity index (χ3v) is 6.68. The highest BCUT2D eigenvalue weighted by molar-refractivity contribution is 6.34. The Morgan fingerprint density at radius 2 is 1.79 bits per heavy atom. The van der Waals surface area contributed by atoms with Crippen LogP contribution in [0.5, 0.6) is 0 Å². The van der Waals surface area contributed by atoms with Crippen molar-refractivity contribution in [3.05, 3.63) is 104 Å². The molecule has 200 valence electrons. The first-order valence-corrected chi connectivity index (χ1v) is 12.5. The number of benzene rings is 3. The number of aromatic nitrogens is 1. The van der Waals surface area contributed by atoms with Gasteiger partial charge in [0.25, 0.3) is 5.91 Å². The van der Waals surface area contributed by atoms with Crippen LogP contribution in [-0.2, 0) is 26.4 Å². The molecule has 38 heavy (non-hydrogen) atoms. The molecular formula is C28H28ClF2N3O4. The van der Waals surface area contributed by atoms with E-state index in [0.29, 0.717) is 12.1 Å². The summed E-state index contributed by atoms with van der Waals surface area (Å²) in [7, 11) is 1.50. The molecule has 0 bridgehead atoms. The van der Waals surface area contributed by atoms with Crippen molar-refractivity contribution in [2.75, 3.05) is 6.54 Å². The molecule has 3 aromatic carbocycles. The number of hydrogen-bond acceptors (Lipinski definition) is 5. The molecule has 10 heteroatoms. The van der Waals surface area contributed by atoms with Crippen molar-refractivity contribution in [3.8, 4) is 0 Å². The molecule has 0 saturated heterocycles. The molecule has 1 amide bonds. The topological polar surface area (TPSA) is 96.5 Å². The van der Waals surface area contributed by atoms with Gasteiger partial charge in [-0.1, -0.05) is 42.8 Å². The van der Waals surface area contributed by atoms with Crippen LogP contribution >= 0.6 is 11.6 Å². The van der Waals surface area contributed by atoms with Crippen LogP contribution in [0.1, 0.15) is 34.0 Å². The molecule has 4 aromatic rings. The molecule has 1 heterocycles. The van der Waals surface area contributed by atoms with Crippen LogP contribution in [0.25, 0.3) is 11.1 Å². The average Bonchev–Trinajstić information content (AvgIpc) is 3.14. The second-order valence-electron chi connectivity index (χ2n) is 9.16. The number of amides is 1. The van der Waals surface area contributed by atoms with Gasteiger partial charge in [0.1, 0.15) is 11.6 Å². The van der Waals surface area contributed by atoms with E-state index in [1.807, 2.05) is 18.2 Å². The van der Waals surface area contributed by atoms with Gasteiger partial charge in [0, 0.05) is 32.3 Å². The molecule has 0 unspecified atom stereocenters. The van der Waals surface area contributed by atoms with Gasteiger partial charge >= 0.3 is 5.76 Å². The second kappa shape index (κ2) is 11.9. The first kappa shape index (κ1) is 27.5. The van der Waals surface area contributed by atoms with Crippen molar-refractivity contribution >= 4 is 28.6 Å². The lowest BCUT2D eigenvalue weighted by Gasteiger charge is -2.25. The molecule has 4 rings (SSSR count). The molecule has 0 saturated carbocycles. The van der Waals surface area contributed by atoms with E-state index in [4.69, 9.17) is 16.0 Å². The van der Waals surface area contributed by atoms with Gasteiger partial charge in [-0.3, -0.25) is 9.36 Å². The van der Waals surface area contributed by atoms with Crippen LogP contribution < -0.4 is 16.4 Å². The first-order chi connectivity index (χ1) is 18.1. The van der Waals surface area contributed by atoms with E-state index in [1.165, 1.54) is 29.3 Å². The summed E-state index contributed by atoms with van der Waals surface area (Å²) in [6, 6.07) is 13.0. The summed E-state index contributed by atoms with van der Waals surface area (Å²) in [4.78, 5) is 25.1. The summed E-state index contributed by atoms with van der Waals surface area (Å²) in [5.74, 6) is -2.75. The van der Waals surface area contributed by atoms with Gasteiger partial charge in [-0.05, 0) is 47.7 Å². The van der Waals surface area contributed by atoms with Crippen molar-refractivity contribution in [1.82, 2.24) is 15.2 Å². The highest BCUT2D eigenvalue weighted by Gasteiger charge is 2.25. The predicted octanol–water partition coefficient (Wildman–Crippen LogP) is 4.12. The van der Waals surface area contributed by atoms with E-state index < -0.39 is 35.4 Å². The number of nitrogens with zero attached hydrogens (tertiary/aromatic N) is 1. The maximum Gasteiger partial charge on any atom is 0.419 e. The number of aliphatic hydroxyl groups is 1. The van der Waals surface area contributed by atoms with Crippen molar-refractivity contribution in [3.63, 3.8) is 0 Å². The maximum absolute atomic E-state index is 13.8. The van der Waals surface area contributed by atoms with Crippen LogP contribution in [0.15, 0.2) is 63.8 Å². The lowest BCUT2D eigenvalue weighted by Crippen LogP contribution is -2.48. The van der Waals surface area contributed by atoms with Crippen molar-refractivity contribution in [1.29, 1.82) is 0 Å². The largest absolute Gasteiger partial charge is 0.419 e. The summed E-state index contributed by atoms with van der Waals surface area (Å²) in [6.07, 6.45) is -0.255. The molecule has 0 spiro atoms. The van der Waals surface area contributed by atoms with E-state index in [0.717, 1.165) is 30.2 Å². The number of hydrogen-bond donors (Lipinski definition) is 3. The normalized spacial score (nSPS) is 13.0. The Kier molecular flexibility index (Phi) is 8.61. The fraction of sp³-hybridized carbons (Fsp3) is 0.286. The monoisotopic (exact) mass is 543 g/mol.